The standard InChI is InChI=1S/C11H17ClN2O3S/c1-3-8(13)7-14-18(15,16)9-4-5-11(17-2)10(12)6-9/h4-6,8,14H,3,7,13H2,1-2H3. The van der Waals surface area contributed by atoms with Gasteiger partial charge in [-0.1, -0.05) is 18.5 Å². The predicted octanol–water partition coefficient (Wildman–Crippen LogP) is 1.36. The lowest BCUT2D eigenvalue weighted by atomic mass is 10.2. The van der Waals surface area contributed by atoms with Crippen molar-refractivity contribution >= 4 is 21.6 Å². The van der Waals surface area contributed by atoms with Crippen LogP contribution in [0, 0.1) is 0 Å². The first-order chi connectivity index (χ1) is 8.40. The first kappa shape index (κ1) is 15.2. The topological polar surface area (TPSA) is 81.4 Å². The van der Waals surface area contributed by atoms with E-state index in [9.17, 15) is 8.42 Å². The van der Waals surface area contributed by atoms with Gasteiger partial charge in [0.25, 0.3) is 0 Å². The number of benzene rings is 1. The van der Waals surface area contributed by atoms with Crippen LogP contribution in [0.1, 0.15) is 13.3 Å². The molecular weight excluding hydrogens is 276 g/mol. The van der Waals surface area contributed by atoms with Crippen LogP contribution in [0.3, 0.4) is 0 Å². The van der Waals surface area contributed by atoms with Gasteiger partial charge in [-0.3, -0.25) is 0 Å². The second-order valence-electron chi connectivity index (χ2n) is 3.82. The van der Waals surface area contributed by atoms with Gasteiger partial charge in [0, 0.05) is 12.6 Å². The predicted molar refractivity (Wildman–Crippen MR) is 71.5 cm³/mol. The maximum atomic E-state index is 11.9. The Labute approximate surface area is 112 Å². The number of hydrogen-bond donors (Lipinski definition) is 2. The zero-order chi connectivity index (χ0) is 13.8. The van der Waals surface area contributed by atoms with Gasteiger partial charge in [-0.25, -0.2) is 13.1 Å². The van der Waals surface area contributed by atoms with Crippen molar-refractivity contribution in [2.45, 2.75) is 24.3 Å². The van der Waals surface area contributed by atoms with E-state index in [2.05, 4.69) is 4.72 Å². The fourth-order valence-electron chi connectivity index (χ4n) is 1.26. The van der Waals surface area contributed by atoms with Crippen molar-refractivity contribution in [2.75, 3.05) is 13.7 Å². The van der Waals surface area contributed by atoms with Crippen LogP contribution in [-0.2, 0) is 10.0 Å². The number of hydrogen-bond acceptors (Lipinski definition) is 4. The molecule has 102 valence electrons. The third kappa shape index (κ3) is 3.84. The quantitative estimate of drug-likeness (QED) is 0.829. The van der Waals surface area contributed by atoms with Gasteiger partial charge in [-0.15, -0.1) is 0 Å². The molecule has 18 heavy (non-hydrogen) atoms. The normalized spacial score (nSPS) is 13.3. The van der Waals surface area contributed by atoms with E-state index in [0.29, 0.717) is 12.2 Å². The van der Waals surface area contributed by atoms with Gasteiger partial charge in [-0.2, -0.15) is 0 Å². The maximum absolute atomic E-state index is 11.9. The molecule has 0 aliphatic rings. The molecule has 0 aromatic heterocycles. The molecule has 0 saturated heterocycles. The fraction of sp³-hybridized carbons (Fsp3) is 0.455. The number of nitrogens with one attached hydrogen (secondary N) is 1. The Morgan fingerprint density at radius 1 is 1.50 bits per heavy atom. The van der Waals surface area contributed by atoms with Crippen LogP contribution in [0.4, 0.5) is 0 Å². The molecule has 0 heterocycles. The summed E-state index contributed by atoms with van der Waals surface area (Å²) in [5, 5.41) is 0.250. The minimum absolute atomic E-state index is 0.0941. The summed E-state index contributed by atoms with van der Waals surface area (Å²) in [6, 6.07) is 4.09. The van der Waals surface area contributed by atoms with Crippen LogP contribution >= 0.6 is 11.6 Å². The Morgan fingerprint density at radius 2 is 2.17 bits per heavy atom. The molecule has 0 fully saturated rings. The zero-order valence-corrected chi connectivity index (χ0v) is 11.9. The minimum Gasteiger partial charge on any atom is -0.495 e. The lowest BCUT2D eigenvalue weighted by Crippen LogP contribution is -2.36. The monoisotopic (exact) mass is 292 g/mol. The first-order valence-corrected chi connectivity index (χ1v) is 7.35. The second-order valence-corrected chi connectivity index (χ2v) is 5.99. The molecular formula is C11H17ClN2O3S. The summed E-state index contributed by atoms with van der Waals surface area (Å²) in [5.41, 5.74) is 5.66. The molecule has 1 aromatic rings. The van der Waals surface area contributed by atoms with Gasteiger partial charge in [0.15, 0.2) is 0 Å². The highest BCUT2D eigenvalue weighted by molar-refractivity contribution is 7.89. The van der Waals surface area contributed by atoms with Crippen molar-refractivity contribution in [1.29, 1.82) is 0 Å². The summed E-state index contributed by atoms with van der Waals surface area (Å²) in [7, 11) is -2.12. The number of rotatable bonds is 6. The molecule has 7 heteroatoms. The fourth-order valence-corrected chi connectivity index (χ4v) is 2.70. The SMILES string of the molecule is CCC(N)CNS(=O)(=O)c1ccc(OC)c(Cl)c1. The van der Waals surface area contributed by atoms with Crippen molar-refractivity contribution < 1.29 is 13.2 Å². The molecule has 1 atom stereocenters. The van der Waals surface area contributed by atoms with Gasteiger partial charge in [0.2, 0.25) is 10.0 Å². The smallest absolute Gasteiger partial charge is 0.240 e. The summed E-state index contributed by atoms with van der Waals surface area (Å²) in [6.45, 7) is 2.09. The average Bonchev–Trinajstić information content (AvgIpc) is 2.35. The Kier molecular flexibility index (Phi) is 5.40. The van der Waals surface area contributed by atoms with E-state index in [1.165, 1.54) is 25.3 Å². The van der Waals surface area contributed by atoms with E-state index < -0.39 is 10.0 Å². The lowest BCUT2D eigenvalue weighted by molar-refractivity contribution is 0.414. The van der Waals surface area contributed by atoms with Crippen LogP contribution in [0.5, 0.6) is 5.75 Å². The molecule has 0 radical (unpaired) electrons. The van der Waals surface area contributed by atoms with Gasteiger partial charge in [-0.05, 0) is 24.6 Å². The van der Waals surface area contributed by atoms with E-state index in [0.717, 1.165) is 0 Å². The van der Waals surface area contributed by atoms with Crippen LogP contribution in [0.25, 0.3) is 0 Å². The van der Waals surface area contributed by atoms with E-state index in [1.54, 1.807) is 0 Å². The van der Waals surface area contributed by atoms with Gasteiger partial charge >= 0.3 is 0 Å². The molecule has 0 saturated carbocycles. The molecule has 5 nitrogen and oxygen atoms in total. The van der Waals surface area contributed by atoms with Crippen LogP contribution in [0.2, 0.25) is 5.02 Å². The van der Waals surface area contributed by atoms with E-state index in [-0.39, 0.29) is 22.5 Å². The molecule has 1 rings (SSSR count). The average molecular weight is 293 g/mol. The molecule has 0 aliphatic heterocycles. The Balaban J connectivity index is 2.88. The molecule has 1 aromatic carbocycles. The number of sulfonamides is 1. The molecule has 3 N–H and O–H groups in total. The van der Waals surface area contributed by atoms with Gasteiger partial charge in [0.1, 0.15) is 5.75 Å². The van der Waals surface area contributed by atoms with Crippen LogP contribution < -0.4 is 15.2 Å². The Hall–Kier alpha value is -0.820. The third-order valence-electron chi connectivity index (χ3n) is 2.49. The summed E-state index contributed by atoms with van der Waals surface area (Å²) in [6.07, 6.45) is 0.700. The number of nitrogens with two attached hydrogens (primary N) is 1. The van der Waals surface area contributed by atoms with Crippen LogP contribution in [-0.4, -0.2) is 28.1 Å². The molecule has 0 spiro atoms. The van der Waals surface area contributed by atoms with Crippen LogP contribution in [0.15, 0.2) is 23.1 Å². The molecule has 1 unspecified atom stereocenters. The second kappa shape index (κ2) is 6.38. The number of halogens is 1. The summed E-state index contributed by atoms with van der Waals surface area (Å²) < 4.78 is 31.3. The summed E-state index contributed by atoms with van der Waals surface area (Å²) in [4.78, 5) is 0.0941. The number of methoxy groups -OCH3 is 1. The van der Waals surface area contributed by atoms with E-state index in [4.69, 9.17) is 22.1 Å². The van der Waals surface area contributed by atoms with Crippen molar-refractivity contribution in [3.63, 3.8) is 0 Å². The highest BCUT2D eigenvalue weighted by Crippen LogP contribution is 2.26. The van der Waals surface area contributed by atoms with Crippen molar-refractivity contribution in [2.24, 2.45) is 5.73 Å². The van der Waals surface area contributed by atoms with E-state index in [1.807, 2.05) is 6.92 Å². The summed E-state index contributed by atoms with van der Waals surface area (Å²) in [5.74, 6) is 0.431. The largest absolute Gasteiger partial charge is 0.495 e. The number of ether oxygens (including phenoxy) is 1. The molecule has 0 aliphatic carbocycles. The van der Waals surface area contributed by atoms with E-state index >= 15 is 0 Å². The first-order valence-electron chi connectivity index (χ1n) is 5.49. The lowest BCUT2D eigenvalue weighted by Gasteiger charge is -2.11. The molecule has 0 bridgehead atoms. The minimum atomic E-state index is -3.58. The third-order valence-corrected chi connectivity index (χ3v) is 4.21. The zero-order valence-electron chi connectivity index (χ0n) is 10.3. The Bertz CT molecular complexity index is 505. The van der Waals surface area contributed by atoms with Crippen molar-refractivity contribution in [1.82, 2.24) is 4.72 Å². The van der Waals surface area contributed by atoms with Crippen molar-refractivity contribution in [3.8, 4) is 5.75 Å². The Morgan fingerprint density at radius 3 is 2.67 bits per heavy atom. The van der Waals surface area contributed by atoms with Gasteiger partial charge in [0.05, 0.1) is 17.0 Å². The van der Waals surface area contributed by atoms with Crippen molar-refractivity contribution in [3.05, 3.63) is 23.2 Å². The highest BCUT2D eigenvalue weighted by atomic mass is 35.5. The summed E-state index contributed by atoms with van der Waals surface area (Å²) >= 11 is 5.88. The highest BCUT2D eigenvalue weighted by Gasteiger charge is 2.16. The molecule has 0 amide bonds. The van der Waals surface area contributed by atoms with Gasteiger partial charge < -0.3 is 10.5 Å². The maximum Gasteiger partial charge on any atom is 0.240 e.